The molecule has 0 bridgehead atoms. The highest BCUT2D eigenvalue weighted by Gasteiger charge is 2.23. The Morgan fingerprint density at radius 2 is 2.00 bits per heavy atom. The molecule has 1 aliphatic heterocycles. The summed E-state index contributed by atoms with van der Waals surface area (Å²) in [4.78, 5) is 16.5. The number of piperazine rings is 1. The summed E-state index contributed by atoms with van der Waals surface area (Å²) >= 11 is 1.42. The molecule has 7 nitrogen and oxygen atoms in total. The zero-order valence-corrected chi connectivity index (χ0v) is 14.7. The van der Waals surface area contributed by atoms with Crippen molar-refractivity contribution in [1.82, 2.24) is 19.7 Å². The molecule has 0 aliphatic carbocycles. The van der Waals surface area contributed by atoms with Crippen molar-refractivity contribution in [3.8, 4) is 5.75 Å². The zero-order valence-electron chi connectivity index (χ0n) is 13.9. The molecule has 1 aliphatic rings. The summed E-state index contributed by atoms with van der Waals surface area (Å²) in [5.41, 5.74) is 1.08. The fourth-order valence-corrected chi connectivity index (χ4v) is 3.50. The molecule has 0 saturated carbocycles. The number of aromatic nitrogens is 3. The van der Waals surface area contributed by atoms with Gasteiger partial charge in [-0.1, -0.05) is 23.9 Å². The molecule has 0 spiro atoms. The van der Waals surface area contributed by atoms with Crippen LogP contribution < -0.4 is 9.64 Å². The van der Waals surface area contributed by atoms with Crippen LogP contribution in [-0.4, -0.2) is 64.6 Å². The molecule has 8 heteroatoms. The number of anilines is 1. The van der Waals surface area contributed by atoms with Gasteiger partial charge in [0.15, 0.2) is 5.16 Å². The summed E-state index contributed by atoms with van der Waals surface area (Å²) in [6, 6.07) is 7.99. The van der Waals surface area contributed by atoms with Gasteiger partial charge >= 0.3 is 0 Å². The van der Waals surface area contributed by atoms with Crippen LogP contribution in [0.4, 0.5) is 5.69 Å². The molecule has 0 radical (unpaired) electrons. The molecule has 0 unspecified atom stereocenters. The molecular formula is C16H21N5O2S. The van der Waals surface area contributed by atoms with Gasteiger partial charge in [0.05, 0.1) is 18.6 Å². The monoisotopic (exact) mass is 347 g/mol. The average Bonchev–Trinajstić information content (AvgIpc) is 3.04. The number of nitrogens with zero attached hydrogens (tertiary/aromatic N) is 5. The molecule has 24 heavy (non-hydrogen) atoms. The van der Waals surface area contributed by atoms with Gasteiger partial charge in [0.25, 0.3) is 0 Å². The van der Waals surface area contributed by atoms with Crippen LogP contribution in [0.1, 0.15) is 0 Å². The van der Waals surface area contributed by atoms with Crippen molar-refractivity contribution in [1.29, 1.82) is 0 Å². The van der Waals surface area contributed by atoms with Gasteiger partial charge < -0.3 is 19.1 Å². The SMILES string of the molecule is COc1ccccc1N1CCN(C(=O)CSc2nncn2C)CC1. The lowest BCUT2D eigenvalue weighted by atomic mass is 10.2. The molecule has 2 heterocycles. The van der Waals surface area contributed by atoms with Crippen LogP contribution in [0.2, 0.25) is 0 Å². The Hall–Kier alpha value is -2.22. The van der Waals surface area contributed by atoms with Gasteiger partial charge in [0.2, 0.25) is 5.91 Å². The molecule has 1 aromatic carbocycles. The first-order valence-electron chi connectivity index (χ1n) is 7.81. The van der Waals surface area contributed by atoms with Gasteiger partial charge in [-0.15, -0.1) is 10.2 Å². The lowest BCUT2D eigenvalue weighted by Crippen LogP contribution is -2.49. The number of para-hydroxylation sites is 2. The van der Waals surface area contributed by atoms with Crippen molar-refractivity contribution < 1.29 is 9.53 Å². The largest absolute Gasteiger partial charge is 0.495 e. The highest BCUT2D eigenvalue weighted by Crippen LogP contribution is 2.28. The van der Waals surface area contributed by atoms with E-state index in [0.29, 0.717) is 5.75 Å². The normalized spacial score (nSPS) is 14.8. The van der Waals surface area contributed by atoms with E-state index in [0.717, 1.165) is 42.8 Å². The van der Waals surface area contributed by atoms with Gasteiger partial charge in [0.1, 0.15) is 12.1 Å². The summed E-state index contributed by atoms with van der Waals surface area (Å²) in [7, 11) is 3.56. The first kappa shape index (κ1) is 16.6. The number of methoxy groups -OCH3 is 1. The highest BCUT2D eigenvalue weighted by atomic mass is 32.2. The number of carbonyl (C=O) groups is 1. The number of ether oxygens (including phenoxy) is 1. The number of thioether (sulfide) groups is 1. The van der Waals surface area contributed by atoms with Gasteiger partial charge in [-0.2, -0.15) is 0 Å². The van der Waals surface area contributed by atoms with Gasteiger partial charge in [-0.25, -0.2) is 0 Å². The molecule has 1 fully saturated rings. The summed E-state index contributed by atoms with van der Waals surface area (Å²) in [5, 5.41) is 8.57. The van der Waals surface area contributed by atoms with Crippen molar-refractivity contribution in [3.05, 3.63) is 30.6 Å². The molecule has 2 aromatic rings. The van der Waals surface area contributed by atoms with Crippen molar-refractivity contribution >= 4 is 23.4 Å². The van der Waals surface area contributed by atoms with E-state index in [9.17, 15) is 4.79 Å². The minimum absolute atomic E-state index is 0.141. The standard InChI is InChI=1S/C16H21N5O2S/c1-19-12-17-18-16(19)24-11-15(22)21-9-7-20(8-10-21)13-5-3-4-6-14(13)23-2/h3-6,12H,7-11H2,1-2H3. The Kier molecular flexibility index (Phi) is 5.24. The number of hydrogen-bond donors (Lipinski definition) is 0. The number of hydrogen-bond acceptors (Lipinski definition) is 6. The lowest BCUT2D eigenvalue weighted by molar-refractivity contribution is -0.128. The van der Waals surface area contributed by atoms with Gasteiger partial charge in [-0.05, 0) is 12.1 Å². The number of rotatable bonds is 5. The average molecular weight is 347 g/mol. The summed E-state index contributed by atoms with van der Waals surface area (Å²) in [6.45, 7) is 3.05. The third-order valence-electron chi connectivity index (χ3n) is 4.05. The number of aryl methyl sites for hydroxylation is 1. The number of amides is 1. The van der Waals surface area contributed by atoms with E-state index in [1.165, 1.54) is 11.8 Å². The van der Waals surface area contributed by atoms with E-state index in [2.05, 4.69) is 21.2 Å². The fraction of sp³-hybridized carbons (Fsp3) is 0.438. The topological polar surface area (TPSA) is 63.5 Å². The smallest absolute Gasteiger partial charge is 0.233 e. The number of carbonyl (C=O) groups excluding carboxylic acids is 1. The predicted molar refractivity (Wildman–Crippen MR) is 93.5 cm³/mol. The molecular weight excluding hydrogens is 326 g/mol. The summed E-state index contributed by atoms with van der Waals surface area (Å²) in [5.74, 6) is 1.40. The van der Waals surface area contributed by atoms with Gasteiger partial charge in [0, 0.05) is 33.2 Å². The van der Waals surface area contributed by atoms with E-state index < -0.39 is 0 Å². The van der Waals surface area contributed by atoms with Crippen molar-refractivity contribution in [2.45, 2.75) is 5.16 Å². The van der Waals surface area contributed by atoms with E-state index in [1.54, 1.807) is 13.4 Å². The Labute approximate surface area is 145 Å². The van der Waals surface area contributed by atoms with Crippen molar-refractivity contribution in [2.75, 3.05) is 43.9 Å². The van der Waals surface area contributed by atoms with E-state index >= 15 is 0 Å². The minimum atomic E-state index is 0.141. The third kappa shape index (κ3) is 3.64. The molecule has 0 N–H and O–H groups in total. The maximum absolute atomic E-state index is 12.4. The second-order valence-corrected chi connectivity index (χ2v) is 6.50. The Bertz CT molecular complexity index is 697. The summed E-state index contributed by atoms with van der Waals surface area (Å²) < 4.78 is 7.24. The first-order chi connectivity index (χ1) is 11.7. The van der Waals surface area contributed by atoms with E-state index in [4.69, 9.17) is 4.74 Å². The van der Waals surface area contributed by atoms with Crippen LogP contribution in [0, 0.1) is 0 Å². The van der Waals surface area contributed by atoms with Crippen LogP contribution >= 0.6 is 11.8 Å². The molecule has 1 saturated heterocycles. The fourth-order valence-electron chi connectivity index (χ4n) is 2.71. The molecule has 1 aromatic heterocycles. The van der Waals surface area contributed by atoms with Crippen LogP contribution in [0.15, 0.2) is 35.7 Å². The molecule has 1 amide bonds. The van der Waals surface area contributed by atoms with Crippen LogP contribution in [0.25, 0.3) is 0 Å². The number of benzene rings is 1. The van der Waals surface area contributed by atoms with Crippen molar-refractivity contribution in [2.24, 2.45) is 7.05 Å². The first-order valence-corrected chi connectivity index (χ1v) is 8.80. The van der Waals surface area contributed by atoms with Crippen LogP contribution in [0.3, 0.4) is 0 Å². The molecule has 0 atom stereocenters. The Balaban J connectivity index is 1.53. The molecule has 128 valence electrons. The maximum atomic E-state index is 12.4. The summed E-state index contributed by atoms with van der Waals surface area (Å²) in [6.07, 6.45) is 1.64. The van der Waals surface area contributed by atoms with E-state index in [1.807, 2.05) is 34.7 Å². The maximum Gasteiger partial charge on any atom is 0.233 e. The predicted octanol–water partition coefficient (Wildman–Crippen LogP) is 1.26. The Morgan fingerprint density at radius 1 is 1.25 bits per heavy atom. The molecule has 3 rings (SSSR count). The van der Waals surface area contributed by atoms with Crippen molar-refractivity contribution in [3.63, 3.8) is 0 Å². The zero-order chi connectivity index (χ0) is 16.9. The van der Waals surface area contributed by atoms with Crippen LogP contribution in [-0.2, 0) is 11.8 Å². The highest BCUT2D eigenvalue weighted by molar-refractivity contribution is 7.99. The Morgan fingerprint density at radius 3 is 2.67 bits per heavy atom. The van der Waals surface area contributed by atoms with E-state index in [-0.39, 0.29) is 5.91 Å². The lowest BCUT2D eigenvalue weighted by Gasteiger charge is -2.36. The second-order valence-electron chi connectivity index (χ2n) is 5.55. The quantitative estimate of drug-likeness (QED) is 0.759. The second kappa shape index (κ2) is 7.57. The van der Waals surface area contributed by atoms with Gasteiger partial charge in [-0.3, -0.25) is 4.79 Å². The van der Waals surface area contributed by atoms with Crippen LogP contribution in [0.5, 0.6) is 5.75 Å². The third-order valence-corrected chi connectivity index (χ3v) is 5.07. The minimum Gasteiger partial charge on any atom is -0.495 e.